The average molecular weight is 762 g/mol. The van der Waals surface area contributed by atoms with Gasteiger partial charge in [0.25, 0.3) is 0 Å². The molecular formula is C43H45N4O7S+. The van der Waals surface area contributed by atoms with Crippen LogP contribution < -0.4 is 14.2 Å². The number of methoxy groups -OCH3 is 2. The third kappa shape index (κ3) is 7.05. The Bertz CT molecular complexity index is 2140. The zero-order chi connectivity index (χ0) is 38.0. The van der Waals surface area contributed by atoms with E-state index in [2.05, 4.69) is 39.6 Å². The van der Waals surface area contributed by atoms with Gasteiger partial charge in [0.15, 0.2) is 17.4 Å². The number of aliphatic hydroxyl groups excluding tert-OH is 1. The first-order chi connectivity index (χ1) is 26.9. The zero-order valence-electron chi connectivity index (χ0n) is 31.3. The van der Waals surface area contributed by atoms with E-state index < -0.39 is 35.7 Å². The fourth-order valence-electron chi connectivity index (χ4n) is 7.43. The van der Waals surface area contributed by atoms with Crippen LogP contribution in [0.5, 0.6) is 17.4 Å². The summed E-state index contributed by atoms with van der Waals surface area (Å²) in [5, 5.41) is 12.4. The summed E-state index contributed by atoms with van der Waals surface area (Å²) in [6, 6.07) is 35.8. The standard InChI is InChI=1S/C43H45N4O7S/c1-49-33-19-15-31(16-20-33)43(30-13-9-6-10-14-30,32-17-21-34(50-2)22-18-32)53-35-25-42(35)38(48)37(52-26-29-11-7-5-8-12-29)41(54-42)47-28-46-36-39(47)44-27-45-40(36)51-23-24-55(3)4/h5-22,27-28,35,37-38,41,48H,23-26H2,1-4H3/q+1/t35?,37-,38-,41?,42?/m0/s1. The van der Waals surface area contributed by atoms with Crippen molar-refractivity contribution in [2.24, 2.45) is 0 Å². The largest absolute Gasteiger partial charge is 0.497 e. The van der Waals surface area contributed by atoms with E-state index >= 15 is 0 Å². The second-order valence-electron chi connectivity index (χ2n) is 14.0. The van der Waals surface area contributed by atoms with E-state index in [1.165, 1.54) is 6.33 Å². The highest BCUT2D eigenvalue weighted by atomic mass is 32.2. The Kier molecular flexibility index (Phi) is 10.5. The van der Waals surface area contributed by atoms with Gasteiger partial charge in [-0.15, -0.1) is 0 Å². The monoisotopic (exact) mass is 761 g/mol. The average Bonchev–Trinajstić information content (AvgIpc) is 3.61. The smallest absolute Gasteiger partial charge is 0.245 e. The van der Waals surface area contributed by atoms with E-state index in [9.17, 15) is 5.11 Å². The van der Waals surface area contributed by atoms with Gasteiger partial charge in [-0.2, -0.15) is 4.98 Å². The Morgan fingerprint density at radius 2 is 1.44 bits per heavy atom. The third-order valence-corrected chi connectivity index (χ3v) is 11.4. The van der Waals surface area contributed by atoms with E-state index in [4.69, 9.17) is 28.4 Å². The highest BCUT2D eigenvalue weighted by Crippen LogP contribution is 2.59. The molecule has 55 heavy (non-hydrogen) atoms. The molecule has 3 heterocycles. The summed E-state index contributed by atoms with van der Waals surface area (Å²) in [5.41, 5.74) is 2.48. The van der Waals surface area contributed by atoms with Crippen LogP contribution in [0, 0.1) is 0 Å². The van der Waals surface area contributed by atoms with E-state index in [-0.39, 0.29) is 17.5 Å². The predicted molar refractivity (Wildman–Crippen MR) is 211 cm³/mol. The number of ether oxygens (including phenoxy) is 6. The SMILES string of the molecule is COc1ccc(C(OC2CC23OC(n2cnc4c(OCC[S+](C)C)ncnc42)[C@@H](OCc2ccccc2)[C@@H]3O)(c2ccccc2)c2ccc(OC)cc2)cc1. The molecule has 6 aromatic rings. The van der Waals surface area contributed by atoms with Crippen LogP contribution in [0.15, 0.2) is 122 Å². The molecule has 1 saturated carbocycles. The molecule has 1 aliphatic heterocycles. The predicted octanol–water partition coefficient (Wildman–Crippen LogP) is 6.10. The van der Waals surface area contributed by atoms with Crippen LogP contribution in [0.3, 0.4) is 0 Å². The van der Waals surface area contributed by atoms with Crippen LogP contribution in [-0.2, 0) is 37.3 Å². The summed E-state index contributed by atoms with van der Waals surface area (Å²) in [6.07, 6.45) is 4.72. The van der Waals surface area contributed by atoms with Crippen molar-refractivity contribution in [3.8, 4) is 17.4 Å². The van der Waals surface area contributed by atoms with Gasteiger partial charge in [0.2, 0.25) is 5.88 Å². The summed E-state index contributed by atoms with van der Waals surface area (Å²) in [4.78, 5) is 13.7. The fourth-order valence-corrected chi connectivity index (χ4v) is 7.84. The number of hydrogen-bond donors (Lipinski definition) is 1. The molecule has 0 radical (unpaired) electrons. The molecule has 11 nitrogen and oxygen atoms in total. The number of benzene rings is 4. The topological polar surface area (TPSA) is 119 Å². The zero-order valence-corrected chi connectivity index (χ0v) is 32.1. The molecule has 4 aromatic carbocycles. The third-order valence-electron chi connectivity index (χ3n) is 10.4. The van der Waals surface area contributed by atoms with Crippen molar-refractivity contribution in [1.29, 1.82) is 0 Å². The molecule has 8 rings (SSSR count). The van der Waals surface area contributed by atoms with Crippen LogP contribution in [0.2, 0.25) is 0 Å². The van der Waals surface area contributed by atoms with Crippen LogP contribution in [0.1, 0.15) is 34.9 Å². The summed E-state index contributed by atoms with van der Waals surface area (Å²) >= 11 is 0. The highest BCUT2D eigenvalue weighted by molar-refractivity contribution is 7.95. The van der Waals surface area contributed by atoms with Crippen LogP contribution in [0.4, 0.5) is 0 Å². The molecule has 0 amide bonds. The van der Waals surface area contributed by atoms with E-state index in [0.717, 1.165) is 39.5 Å². The summed E-state index contributed by atoms with van der Waals surface area (Å²) in [6.45, 7) is 0.784. The van der Waals surface area contributed by atoms with Crippen LogP contribution in [-0.4, -0.2) is 87.6 Å². The van der Waals surface area contributed by atoms with Gasteiger partial charge in [-0.3, -0.25) is 4.57 Å². The second-order valence-corrected chi connectivity index (χ2v) is 16.4. The first-order valence-corrected chi connectivity index (χ1v) is 20.5. The minimum atomic E-state index is -1.11. The van der Waals surface area contributed by atoms with Crippen molar-refractivity contribution in [3.05, 3.63) is 144 Å². The maximum absolute atomic E-state index is 12.4. The lowest BCUT2D eigenvalue weighted by molar-refractivity contribution is -0.100. The molecule has 1 saturated heterocycles. The Hall–Kier alpha value is -4.98. The van der Waals surface area contributed by atoms with Crippen molar-refractivity contribution in [2.75, 3.05) is 39.1 Å². The Morgan fingerprint density at radius 1 is 0.818 bits per heavy atom. The van der Waals surface area contributed by atoms with Gasteiger partial charge in [-0.25, -0.2) is 9.97 Å². The minimum Gasteiger partial charge on any atom is -0.497 e. The van der Waals surface area contributed by atoms with Gasteiger partial charge in [0.1, 0.15) is 53.6 Å². The molecule has 1 aliphatic carbocycles. The van der Waals surface area contributed by atoms with Crippen molar-refractivity contribution >= 4 is 22.1 Å². The van der Waals surface area contributed by atoms with Crippen molar-refractivity contribution in [2.45, 2.75) is 48.8 Å². The van der Waals surface area contributed by atoms with E-state index in [1.54, 1.807) is 20.5 Å². The number of fused-ring (bicyclic) bond motifs is 1. The first-order valence-electron chi connectivity index (χ1n) is 18.2. The Morgan fingerprint density at radius 3 is 2.05 bits per heavy atom. The lowest BCUT2D eigenvalue weighted by Gasteiger charge is -2.37. The minimum absolute atomic E-state index is 0.219. The van der Waals surface area contributed by atoms with Crippen molar-refractivity contribution in [3.63, 3.8) is 0 Å². The lowest BCUT2D eigenvalue weighted by atomic mass is 9.80. The molecule has 5 atom stereocenters. The van der Waals surface area contributed by atoms with E-state index in [0.29, 0.717) is 30.1 Å². The lowest BCUT2D eigenvalue weighted by Crippen LogP contribution is -2.40. The van der Waals surface area contributed by atoms with E-state index in [1.807, 2.05) is 102 Å². The number of imidazole rings is 1. The van der Waals surface area contributed by atoms with Gasteiger partial charge < -0.3 is 33.5 Å². The Labute approximate surface area is 323 Å². The normalized spacial score (nSPS) is 22.0. The van der Waals surface area contributed by atoms with Crippen molar-refractivity contribution < 1.29 is 33.5 Å². The number of nitrogens with zero attached hydrogens (tertiary/aromatic N) is 4. The molecule has 284 valence electrons. The van der Waals surface area contributed by atoms with Gasteiger partial charge in [-0.05, 0) is 57.4 Å². The first kappa shape index (κ1) is 37.0. The summed E-state index contributed by atoms with van der Waals surface area (Å²) in [5.74, 6) is 2.76. The molecular weight excluding hydrogens is 717 g/mol. The molecule has 12 heteroatoms. The van der Waals surface area contributed by atoms with Gasteiger partial charge in [-0.1, -0.05) is 84.9 Å². The quantitative estimate of drug-likeness (QED) is 0.0973. The molecule has 2 fully saturated rings. The molecule has 1 N–H and O–H groups in total. The Balaban J connectivity index is 1.18. The second kappa shape index (κ2) is 15.6. The van der Waals surface area contributed by atoms with Gasteiger partial charge in [0.05, 0.1) is 45.8 Å². The van der Waals surface area contributed by atoms with Gasteiger partial charge in [0, 0.05) is 6.42 Å². The maximum atomic E-state index is 12.4. The van der Waals surface area contributed by atoms with Crippen LogP contribution >= 0.6 is 0 Å². The molecule has 2 aromatic heterocycles. The summed E-state index contributed by atoms with van der Waals surface area (Å²) in [7, 11) is 3.52. The molecule has 3 unspecified atom stereocenters. The number of hydrogen-bond acceptors (Lipinski definition) is 10. The fraction of sp³-hybridized carbons (Fsp3) is 0.326. The highest BCUT2D eigenvalue weighted by Gasteiger charge is 2.72. The molecule has 1 spiro atoms. The molecule has 2 aliphatic rings. The van der Waals surface area contributed by atoms with Gasteiger partial charge >= 0.3 is 0 Å². The number of rotatable bonds is 15. The van der Waals surface area contributed by atoms with Crippen molar-refractivity contribution in [1.82, 2.24) is 19.5 Å². The number of aromatic nitrogens is 4. The number of aliphatic hydroxyl groups is 1. The molecule has 0 bridgehead atoms. The maximum Gasteiger partial charge on any atom is 0.245 e. The summed E-state index contributed by atoms with van der Waals surface area (Å²) < 4.78 is 40.0. The van der Waals surface area contributed by atoms with Crippen LogP contribution in [0.25, 0.3) is 11.2 Å².